The Morgan fingerprint density at radius 2 is 2.22 bits per heavy atom. The molecule has 1 amide bonds. The second kappa shape index (κ2) is 6.44. The molecule has 18 heavy (non-hydrogen) atoms. The van der Waals surface area contributed by atoms with E-state index in [-0.39, 0.29) is 23.8 Å². The van der Waals surface area contributed by atoms with Gasteiger partial charge in [0.2, 0.25) is 0 Å². The second-order valence-electron chi connectivity index (χ2n) is 3.64. The standard InChI is InChI=1S/C13H15NO4/c1-3-7-14-11(15)8-18-12-9(2)5-4-6-10(12)13(16)17/h3-6H,1,7-8H2,2H3,(H,14,15)(H,16,17). The Balaban J connectivity index is 2.75. The minimum Gasteiger partial charge on any atom is -0.483 e. The van der Waals surface area contributed by atoms with Crippen LogP contribution in [0, 0.1) is 6.92 Å². The van der Waals surface area contributed by atoms with Gasteiger partial charge in [-0.15, -0.1) is 6.58 Å². The number of carbonyl (C=O) groups excluding carboxylic acids is 1. The summed E-state index contributed by atoms with van der Waals surface area (Å²) < 4.78 is 5.26. The molecule has 0 radical (unpaired) electrons. The van der Waals surface area contributed by atoms with Crippen molar-refractivity contribution in [1.82, 2.24) is 5.32 Å². The molecule has 0 saturated heterocycles. The van der Waals surface area contributed by atoms with E-state index in [4.69, 9.17) is 9.84 Å². The number of hydrogen-bond donors (Lipinski definition) is 2. The Kier molecular flexibility index (Phi) is 4.92. The van der Waals surface area contributed by atoms with Gasteiger partial charge in [0.1, 0.15) is 11.3 Å². The van der Waals surface area contributed by atoms with E-state index >= 15 is 0 Å². The van der Waals surface area contributed by atoms with Crippen LogP contribution in [0.4, 0.5) is 0 Å². The largest absolute Gasteiger partial charge is 0.483 e. The first-order valence-electron chi connectivity index (χ1n) is 5.39. The summed E-state index contributed by atoms with van der Waals surface area (Å²) in [7, 11) is 0. The molecule has 0 aliphatic heterocycles. The zero-order valence-electron chi connectivity index (χ0n) is 10.1. The predicted molar refractivity (Wildman–Crippen MR) is 66.8 cm³/mol. The number of nitrogens with one attached hydrogen (secondary N) is 1. The van der Waals surface area contributed by atoms with Crippen molar-refractivity contribution >= 4 is 11.9 Å². The molecule has 5 heteroatoms. The number of ether oxygens (including phenoxy) is 1. The van der Waals surface area contributed by atoms with Crippen molar-refractivity contribution in [1.29, 1.82) is 0 Å². The van der Waals surface area contributed by atoms with Crippen LogP contribution in [0.3, 0.4) is 0 Å². The topological polar surface area (TPSA) is 75.6 Å². The van der Waals surface area contributed by atoms with Crippen LogP contribution in [0.2, 0.25) is 0 Å². The van der Waals surface area contributed by atoms with Crippen LogP contribution >= 0.6 is 0 Å². The summed E-state index contributed by atoms with van der Waals surface area (Å²) in [5, 5.41) is 11.5. The molecule has 0 aromatic heterocycles. The maximum Gasteiger partial charge on any atom is 0.339 e. The third-order valence-corrected chi connectivity index (χ3v) is 2.23. The van der Waals surface area contributed by atoms with Crippen LogP contribution in [0.5, 0.6) is 5.75 Å². The van der Waals surface area contributed by atoms with Gasteiger partial charge in [0.05, 0.1) is 0 Å². The summed E-state index contributed by atoms with van der Waals surface area (Å²) in [6.07, 6.45) is 1.55. The molecular formula is C13H15NO4. The first kappa shape index (κ1) is 13.8. The number of amides is 1. The number of benzene rings is 1. The zero-order chi connectivity index (χ0) is 13.5. The van der Waals surface area contributed by atoms with Crippen molar-refractivity contribution in [3.8, 4) is 5.75 Å². The highest BCUT2D eigenvalue weighted by Crippen LogP contribution is 2.23. The number of carbonyl (C=O) groups is 2. The SMILES string of the molecule is C=CCNC(=O)COc1c(C)cccc1C(=O)O. The summed E-state index contributed by atoms with van der Waals surface area (Å²) in [5.74, 6) is -1.19. The molecule has 2 N–H and O–H groups in total. The summed E-state index contributed by atoms with van der Waals surface area (Å²) in [4.78, 5) is 22.3. The Morgan fingerprint density at radius 3 is 2.83 bits per heavy atom. The summed E-state index contributed by atoms with van der Waals surface area (Å²) in [5.41, 5.74) is 0.720. The quantitative estimate of drug-likeness (QED) is 0.747. The van der Waals surface area contributed by atoms with E-state index in [0.717, 1.165) is 0 Å². The number of aryl methyl sites for hydroxylation is 1. The van der Waals surface area contributed by atoms with Gasteiger partial charge in [-0.25, -0.2) is 4.79 Å². The third-order valence-electron chi connectivity index (χ3n) is 2.23. The van der Waals surface area contributed by atoms with Crippen LogP contribution in [0.1, 0.15) is 15.9 Å². The van der Waals surface area contributed by atoms with Crippen molar-refractivity contribution < 1.29 is 19.4 Å². The molecule has 0 unspecified atom stereocenters. The number of para-hydroxylation sites is 1. The summed E-state index contributed by atoms with van der Waals surface area (Å²) in [6, 6.07) is 4.79. The number of rotatable bonds is 6. The lowest BCUT2D eigenvalue weighted by atomic mass is 10.1. The molecule has 0 heterocycles. The Morgan fingerprint density at radius 1 is 1.50 bits per heavy atom. The molecule has 96 valence electrons. The van der Waals surface area contributed by atoms with E-state index < -0.39 is 5.97 Å². The van der Waals surface area contributed by atoms with Gasteiger partial charge in [0, 0.05) is 6.54 Å². The highest BCUT2D eigenvalue weighted by Gasteiger charge is 2.14. The lowest BCUT2D eigenvalue weighted by molar-refractivity contribution is -0.122. The maximum absolute atomic E-state index is 11.3. The fraction of sp³-hybridized carbons (Fsp3) is 0.231. The predicted octanol–water partition coefficient (Wildman–Crippen LogP) is 1.37. The van der Waals surface area contributed by atoms with Crippen molar-refractivity contribution in [3.05, 3.63) is 42.0 Å². The smallest absolute Gasteiger partial charge is 0.339 e. The van der Waals surface area contributed by atoms with Crippen molar-refractivity contribution in [2.75, 3.05) is 13.2 Å². The molecule has 1 rings (SSSR count). The molecular weight excluding hydrogens is 234 g/mol. The van der Waals surface area contributed by atoms with E-state index in [1.165, 1.54) is 6.07 Å². The van der Waals surface area contributed by atoms with Gasteiger partial charge in [0.15, 0.2) is 6.61 Å². The molecule has 1 aromatic carbocycles. The lowest BCUT2D eigenvalue weighted by Gasteiger charge is -2.11. The van der Waals surface area contributed by atoms with Crippen LogP contribution < -0.4 is 10.1 Å². The van der Waals surface area contributed by atoms with Gasteiger partial charge in [-0.1, -0.05) is 18.2 Å². The van der Waals surface area contributed by atoms with Gasteiger partial charge >= 0.3 is 5.97 Å². The average molecular weight is 249 g/mol. The number of carboxylic acids is 1. The van der Waals surface area contributed by atoms with E-state index in [1.807, 2.05) is 0 Å². The van der Waals surface area contributed by atoms with Crippen LogP contribution in [-0.2, 0) is 4.79 Å². The molecule has 0 spiro atoms. The molecule has 0 bridgehead atoms. The highest BCUT2D eigenvalue weighted by atomic mass is 16.5. The van der Waals surface area contributed by atoms with E-state index in [1.54, 1.807) is 25.1 Å². The zero-order valence-corrected chi connectivity index (χ0v) is 10.1. The van der Waals surface area contributed by atoms with Gasteiger partial charge in [-0.05, 0) is 18.6 Å². The molecule has 5 nitrogen and oxygen atoms in total. The average Bonchev–Trinajstić information content (AvgIpc) is 2.34. The Hall–Kier alpha value is -2.30. The van der Waals surface area contributed by atoms with Crippen molar-refractivity contribution in [2.45, 2.75) is 6.92 Å². The Bertz CT molecular complexity index is 468. The Labute approximate surface area is 105 Å². The first-order valence-corrected chi connectivity index (χ1v) is 5.39. The maximum atomic E-state index is 11.3. The monoisotopic (exact) mass is 249 g/mol. The van der Waals surface area contributed by atoms with Crippen LogP contribution in [0.15, 0.2) is 30.9 Å². The number of aromatic carboxylic acids is 1. The van der Waals surface area contributed by atoms with Gasteiger partial charge in [0.25, 0.3) is 5.91 Å². The fourth-order valence-corrected chi connectivity index (χ4v) is 1.39. The van der Waals surface area contributed by atoms with Crippen LogP contribution in [0.25, 0.3) is 0 Å². The number of hydrogen-bond acceptors (Lipinski definition) is 3. The van der Waals surface area contributed by atoms with E-state index in [2.05, 4.69) is 11.9 Å². The fourth-order valence-electron chi connectivity index (χ4n) is 1.39. The van der Waals surface area contributed by atoms with Crippen LogP contribution in [-0.4, -0.2) is 30.1 Å². The lowest BCUT2D eigenvalue weighted by Crippen LogP contribution is -2.29. The van der Waals surface area contributed by atoms with Gasteiger partial charge in [-0.2, -0.15) is 0 Å². The molecule has 1 aromatic rings. The molecule has 0 atom stereocenters. The molecule has 0 aliphatic rings. The minimum atomic E-state index is -1.08. The normalized spacial score (nSPS) is 9.61. The molecule has 0 aliphatic carbocycles. The van der Waals surface area contributed by atoms with Gasteiger partial charge < -0.3 is 15.2 Å². The van der Waals surface area contributed by atoms with Gasteiger partial charge in [-0.3, -0.25) is 4.79 Å². The van der Waals surface area contributed by atoms with E-state index in [0.29, 0.717) is 12.1 Å². The number of carboxylic acid groups (broad SMARTS) is 1. The summed E-state index contributed by atoms with van der Waals surface area (Å²) in [6.45, 7) is 5.32. The first-order chi connectivity index (χ1) is 8.56. The molecule has 0 fully saturated rings. The van der Waals surface area contributed by atoms with Crippen molar-refractivity contribution in [2.24, 2.45) is 0 Å². The second-order valence-corrected chi connectivity index (χ2v) is 3.64. The summed E-state index contributed by atoms with van der Waals surface area (Å²) >= 11 is 0. The van der Waals surface area contributed by atoms with Crippen molar-refractivity contribution in [3.63, 3.8) is 0 Å². The highest BCUT2D eigenvalue weighted by molar-refractivity contribution is 5.91. The minimum absolute atomic E-state index is 0.0477. The third kappa shape index (κ3) is 3.62. The van der Waals surface area contributed by atoms with E-state index in [9.17, 15) is 9.59 Å². The molecule has 0 saturated carbocycles.